The number of aromatic nitrogens is 1. The molecule has 0 saturated heterocycles. The van der Waals surface area contributed by atoms with Crippen LogP contribution in [0.2, 0.25) is 0 Å². The molecular formula is C14H17F3N2O. The van der Waals surface area contributed by atoms with Crippen LogP contribution in [0.1, 0.15) is 43.4 Å². The van der Waals surface area contributed by atoms with Crippen LogP contribution in [-0.2, 0) is 17.4 Å². The fraction of sp³-hybridized carbons (Fsp3) is 0.571. The highest BCUT2D eigenvalue weighted by Gasteiger charge is 2.38. The monoisotopic (exact) mass is 286 g/mol. The first-order valence-corrected chi connectivity index (χ1v) is 6.66. The summed E-state index contributed by atoms with van der Waals surface area (Å²) in [5.74, 6) is -0.364. The minimum Gasteiger partial charge on any atom is -0.369 e. The standard InChI is InChI=1S/C14H17F3N2O/c15-14(16,17)11-5-4-10(9-19-11)8-13(12(18)20)6-2-1-3-7-13/h4-5,9H,1-3,6-8H2,(H2,18,20). The summed E-state index contributed by atoms with van der Waals surface area (Å²) >= 11 is 0. The summed E-state index contributed by atoms with van der Waals surface area (Å²) in [7, 11) is 0. The van der Waals surface area contributed by atoms with Crippen LogP contribution in [0.25, 0.3) is 0 Å². The van der Waals surface area contributed by atoms with Crippen molar-refractivity contribution in [1.82, 2.24) is 4.98 Å². The summed E-state index contributed by atoms with van der Waals surface area (Å²) in [4.78, 5) is 15.2. The fourth-order valence-corrected chi connectivity index (χ4v) is 2.83. The Labute approximate surface area is 115 Å². The number of carbonyl (C=O) groups excluding carboxylic acids is 1. The molecule has 0 bridgehead atoms. The SMILES string of the molecule is NC(=O)C1(Cc2ccc(C(F)(F)F)nc2)CCCCC1. The largest absolute Gasteiger partial charge is 0.433 e. The van der Waals surface area contributed by atoms with Crippen LogP contribution in [0.15, 0.2) is 18.3 Å². The van der Waals surface area contributed by atoms with Crippen LogP contribution in [0.3, 0.4) is 0 Å². The van der Waals surface area contributed by atoms with Crippen LogP contribution < -0.4 is 5.73 Å². The molecule has 20 heavy (non-hydrogen) atoms. The maximum Gasteiger partial charge on any atom is 0.433 e. The van der Waals surface area contributed by atoms with E-state index >= 15 is 0 Å². The van der Waals surface area contributed by atoms with Crippen molar-refractivity contribution in [3.05, 3.63) is 29.6 Å². The molecule has 1 fully saturated rings. The lowest BCUT2D eigenvalue weighted by Crippen LogP contribution is -2.40. The van der Waals surface area contributed by atoms with Gasteiger partial charge >= 0.3 is 6.18 Å². The van der Waals surface area contributed by atoms with Crippen LogP contribution in [-0.4, -0.2) is 10.9 Å². The molecule has 1 heterocycles. The van der Waals surface area contributed by atoms with Crippen molar-refractivity contribution in [2.75, 3.05) is 0 Å². The quantitative estimate of drug-likeness (QED) is 0.928. The molecule has 6 heteroatoms. The second-order valence-electron chi connectivity index (χ2n) is 5.43. The van der Waals surface area contributed by atoms with E-state index in [1.165, 1.54) is 12.3 Å². The molecule has 1 aromatic heterocycles. The molecule has 0 radical (unpaired) electrons. The number of rotatable bonds is 3. The van der Waals surface area contributed by atoms with Crippen LogP contribution in [0.5, 0.6) is 0 Å². The molecule has 0 aromatic carbocycles. The predicted octanol–water partition coefficient (Wildman–Crippen LogP) is 3.08. The lowest BCUT2D eigenvalue weighted by atomic mass is 9.70. The van der Waals surface area contributed by atoms with E-state index in [0.29, 0.717) is 24.8 Å². The van der Waals surface area contributed by atoms with Crippen molar-refractivity contribution >= 4 is 5.91 Å². The van der Waals surface area contributed by atoms with Gasteiger partial charge in [-0.3, -0.25) is 9.78 Å². The third kappa shape index (κ3) is 3.11. The van der Waals surface area contributed by atoms with E-state index in [4.69, 9.17) is 5.73 Å². The lowest BCUT2D eigenvalue weighted by Gasteiger charge is -2.34. The van der Waals surface area contributed by atoms with Crippen molar-refractivity contribution in [3.63, 3.8) is 0 Å². The average molecular weight is 286 g/mol. The Hall–Kier alpha value is -1.59. The highest BCUT2D eigenvalue weighted by molar-refractivity contribution is 5.81. The van der Waals surface area contributed by atoms with Crippen LogP contribution in [0.4, 0.5) is 13.2 Å². The van der Waals surface area contributed by atoms with E-state index in [-0.39, 0.29) is 5.91 Å². The van der Waals surface area contributed by atoms with Gasteiger partial charge in [0, 0.05) is 6.20 Å². The van der Waals surface area contributed by atoms with Gasteiger partial charge in [0.05, 0.1) is 5.41 Å². The summed E-state index contributed by atoms with van der Waals surface area (Å²) in [6.45, 7) is 0. The second-order valence-corrected chi connectivity index (χ2v) is 5.43. The van der Waals surface area contributed by atoms with E-state index in [1.54, 1.807) is 0 Å². The molecule has 3 nitrogen and oxygen atoms in total. The topological polar surface area (TPSA) is 56.0 Å². The molecule has 0 atom stereocenters. The summed E-state index contributed by atoms with van der Waals surface area (Å²) < 4.78 is 37.3. The van der Waals surface area contributed by atoms with Gasteiger partial charge in [-0.15, -0.1) is 0 Å². The van der Waals surface area contributed by atoms with Gasteiger partial charge in [0.1, 0.15) is 5.69 Å². The summed E-state index contributed by atoms with van der Waals surface area (Å²) in [5.41, 5.74) is 4.59. The average Bonchev–Trinajstić information content (AvgIpc) is 2.39. The Morgan fingerprint density at radius 2 is 1.90 bits per heavy atom. The van der Waals surface area contributed by atoms with Crippen molar-refractivity contribution in [2.24, 2.45) is 11.1 Å². The Bertz CT molecular complexity index is 476. The van der Waals surface area contributed by atoms with Crippen LogP contribution in [0, 0.1) is 5.41 Å². The van der Waals surface area contributed by atoms with Gasteiger partial charge in [0.15, 0.2) is 0 Å². The van der Waals surface area contributed by atoms with E-state index in [1.807, 2.05) is 0 Å². The molecule has 1 amide bonds. The van der Waals surface area contributed by atoms with Gasteiger partial charge in [-0.1, -0.05) is 25.3 Å². The molecule has 1 saturated carbocycles. The number of halogens is 3. The van der Waals surface area contributed by atoms with Gasteiger partial charge < -0.3 is 5.73 Å². The smallest absolute Gasteiger partial charge is 0.369 e. The molecule has 0 unspecified atom stereocenters. The number of nitrogens with zero attached hydrogens (tertiary/aromatic N) is 1. The number of pyridine rings is 1. The zero-order valence-corrected chi connectivity index (χ0v) is 11.0. The van der Waals surface area contributed by atoms with Crippen molar-refractivity contribution in [3.8, 4) is 0 Å². The van der Waals surface area contributed by atoms with Gasteiger partial charge in [-0.25, -0.2) is 0 Å². The summed E-state index contributed by atoms with van der Waals surface area (Å²) in [6, 6.07) is 2.34. The molecule has 2 N–H and O–H groups in total. The van der Waals surface area contributed by atoms with Crippen molar-refractivity contribution in [2.45, 2.75) is 44.7 Å². The Kier molecular flexibility index (Phi) is 4.01. The Morgan fingerprint density at radius 3 is 2.35 bits per heavy atom. The maximum absolute atomic E-state index is 12.4. The molecule has 1 aliphatic rings. The number of hydrogen-bond acceptors (Lipinski definition) is 2. The van der Waals surface area contributed by atoms with E-state index in [0.717, 1.165) is 25.3 Å². The number of amides is 1. The van der Waals surface area contributed by atoms with E-state index < -0.39 is 17.3 Å². The molecule has 110 valence electrons. The zero-order valence-electron chi connectivity index (χ0n) is 11.0. The number of primary amides is 1. The molecule has 1 aliphatic carbocycles. The normalized spacial score (nSPS) is 18.8. The molecule has 2 rings (SSSR count). The molecule has 0 spiro atoms. The molecule has 1 aromatic rings. The fourth-order valence-electron chi connectivity index (χ4n) is 2.83. The molecular weight excluding hydrogens is 269 g/mol. The van der Waals surface area contributed by atoms with Crippen LogP contribution >= 0.6 is 0 Å². The first-order chi connectivity index (χ1) is 9.33. The van der Waals surface area contributed by atoms with E-state index in [2.05, 4.69) is 4.98 Å². The first kappa shape index (κ1) is 14.8. The zero-order chi connectivity index (χ0) is 14.8. The minimum atomic E-state index is -4.44. The first-order valence-electron chi connectivity index (χ1n) is 6.66. The van der Waals surface area contributed by atoms with Crippen molar-refractivity contribution < 1.29 is 18.0 Å². The highest BCUT2D eigenvalue weighted by atomic mass is 19.4. The Morgan fingerprint density at radius 1 is 1.25 bits per heavy atom. The predicted molar refractivity (Wildman–Crippen MR) is 67.7 cm³/mol. The van der Waals surface area contributed by atoms with E-state index in [9.17, 15) is 18.0 Å². The third-order valence-corrected chi connectivity index (χ3v) is 3.99. The highest BCUT2D eigenvalue weighted by Crippen LogP contribution is 2.39. The number of carbonyl (C=O) groups is 1. The summed E-state index contributed by atoms with van der Waals surface area (Å²) in [6.07, 6.45) is 1.45. The second kappa shape index (κ2) is 5.42. The lowest BCUT2D eigenvalue weighted by molar-refractivity contribution is -0.141. The minimum absolute atomic E-state index is 0.364. The van der Waals surface area contributed by atoms with Gasteiger partial charge in [0.2, 0.25) is 5.91 Å². The van der Waals surface area contributed by atoms with Gasteiger partial charge in [-0.05, 0) is 30.9 Å². The number of alkyl halides is 3. The Balaban J connectivity index is 2.17. The third-order valence-electron chi connectivity index (χ3n) is 3.99. The molecule has 0 aliphatic heterocycles. The number of hydrogen-bond donors (Lipinski definition) is 1. The van der Waals surface area contributed by atoms with Crippen molar-refractivity contribution in [1.29, 1.82) is 0 Å². The summed E-state index contributed by atoms with van der Waals surface area (Å²) in [5, 5.41) is 0. The maximum atomic E-state index is 12.4. The van der Waals surface area contributed by atoms with Gasteiger partial charge in [-0.2, -0.15) is 13.2 Å². The number of nitrogens with two attached hydrogens (primary N) is 1. The van der Waals surface area contributed by atoms with Gasteiger partial charge in [0.25, 0.3) is 0 Å².